The number of carbonyl (C=O) groups is 2. The summed E-state index contributed by atoms with van der Waals surface area (Å²) in [5.41, 5.74) is 2.85. The van der Waals surface area contributed by atoms with E-state index in [1.807, 2.05) is 18.2 Å². The summed E-state index contributed by atoms with van der Waals surface area (Å²) in [5, 5.41) is 2.84. The minimum atomic E-state index is -3.21. The maximum Gasteiger partial charge on any atom is 0.335 e. The lowest BCUT2D eigenvalue weighted by molar-refractivity contribution is 0.102. The Labute approximate surface area is 202 Å². The molecule has 3 aromatic rings. The number of benzene rings is 3. The van der Waals surface area contributed by atoms with Gasteiger partial charge in [-0.25, -0.2) is 0 Å². The predicted octanol–water partition coefficient (Wildman–Crippen LogP) is 6.70. The number of ketones is 1. The zero-order valence-electron chi connectivity index (χ0n) is 18.4. The minimum Gasteiger partial charge on any atom is -0.321 e. The molecule has 0 radical (unpaired) electrons. The van der Waals surface area contributed by atoms with Gasteiger partial charge in [0, 0.05) is 21.2 Å². The van der Waals surface area contributed by atoms with E-state index in [2.05, 4.69) is 21.2 Å². The number of rotatable bonds is 10. The van der Waals surface area contributed by atoms with Crippen molar-refractivity contribution >= 4 is 40.9 Å². The maximum atomic E-state index is 12.7. The average molecular weight is 530 g/mol. The summed E-state index contributed by atoms with van der Waals surface area (Å²) in [6, 6.07) is 20.8. The molecule has 6 nitrogen and oxygen atoms in total. The van der Waals surface area contributed by atoms with Gasteiger partial charge in [0.25, 0.3) is 5.91 Å². The molecule has 0 aromatic heterocycles. The van der Waals surface area contributed by atoms with E-state index in [0.717, 1.165) is 5.56 Å². The summed E-state index contributed by atoms with van der Waals surface area (Å²) < 4.78 is 23.9. The van der Waals surface area contributed by atoms with Gasteiger partial charge in [0.15, 0.2) is 5.78 Å². The van der Waals surface area contributed by atoms with E-state index in [4.69, 9.17) is 9.05 Å². The average Bonchev–Trinajstić information content (AvgIpc) is 2.81. The topological polar surface area (TPSA) is 81.7 Å². The van der Waals surface area contributed by atoms with Crippen molar-refractivity contribution in [1.82, 2.24) is 0 Å². The molecule has 0 bridgehead atoms. The van der Waals surface area contributed by atoms with Gasteiger partial charge in [-0.05, 0) is 65.7 Å². The molecule has 0 saturated carbocycles. The number of nitrogens with one attached hydrogen (secondary N) is 1. The highest BCUT2D eigenvalue weighted by atomic mass is 79.9. The van der Waals surface area contributed by atoms with Gasteiger partial charge in [-0.15, -0.1) is 0 Å². The van der Waals surface area contributed by atoms with Crippen LogP contribution in [0.3, 0.4) is 0 Å². The van der Waals surface area contributed by atoms with Crippen molar-refractivity contribution in [3.8, 4) is 0 Å². The normalized spacial score (nSPS) is 11.2. The van der Waals surface area contributed by atoms with Crippen LogP contribution in [0.15, 0.2) is 77.3 Å². The summed E-state index contributed by atoms with van der Waals surface area (Å²) in [6.45, 7) is 4.12. The monoisotopic (exact) mass is 529 g/mol. The van der Waals surface area contributed by atoms with Gasteiger partial charge >= 0.3 is 7.60 Å². The molecule has 0 atom stereocenters. The van der Waals surface area contributed by atoms with Crippen molar-refractivity contribution in [2.24, 2.45) is 0 Å². The van der Waals surface area contributed by atoms with Gasteiger partial charge in [0.05, 0.1) is 25.1 Å². The van der Waals surface area contributed by atoms with Crippen molar-refractivity contribution < 1.29 is 23.2 Å². The minimum absolute atomic E-state index is 0.0961. The van der Waals surface area contributed by atoms with Crippen LogP contribution in [0.5, 0.6) is 0 Å². The van der Waals surface area contributed by atoms with Crippen molar-refractivity contribution in [1.29, 1.82) is 0 Å². The molecule has 0 saturated heterocycles. The highest BCUT2D eigenvalue weighted by molar-refractivity contribution is 9.10. The van der Waals surface area contributed by atoms with E-state index in [-0.39, 0.29) is 17.9 Å². The number of hydrogen-bond donors (Lipinski definition) is 1. The zero-order valence-corrected chi connectivity index (χ0v) is 20.9. The molecule has 0 aliphatic heterocycles. The summed E-state index contributed by atoms with van der Waals surface area (Å²) in [6.07, 6.45) is 0.138. The summed E-state index contributed by atoms with van der Waals surface area (Å²) in [5.74, 6) is -0.400. The third-order valence-electron chi connectivity index (χ3n) is 4.76. The Kier molecular flexibility index (Phi) is 8.75. The molecule has 0 aliphatic rings. The Morgan fingerprint density at radius 2 is 1.45 bits per heavy atom. The van der Waals surface area contributed by atoms with Crippen molar-refractivity contribution in [2.75, 3.05) is 18.5 Å². The molecule has 0 heterocycles. The fourth-order valence-electron chi connectivity index (χ4n) is 3.22. The van der Waals surface area contributed by atoms with Crippen LogP contribution in [-0.2, 0) is 19.8 Å². The summed E-state index contributed by atoms with van der Waals surface area (Å²) >= 11 is 3.44. The number of halogens is 1. The van der Waals surface area contributed by atoms with Crippen molar-refractivity contribution in [2.45, 2.75) is 20.0 Å². The molecular formula is C25H25BrNO5P. The Morgan fingerprint density at radius 1 is 0.848 bits per heavy atom. The molecule has 172 valence electrons. The third kappa shape index (κ3) is 6.71. The Hall–Kier alpha value is -2.57. The van der Waals surface area contributed by atoms with Crippen LogP contribution in [0, 0.1) is 0 Å². The van der Waals surface area contributed by atoms with E-state index in [9.17, 15) is 14.2 Å². The van der Waals surface area contributed by atoms with Gasteiger partial charge in [-0.1, -0.05) is 42.5 Å². The molecule has 0 aliphatic carbocycles. The second-order valence-corrected chi connectivity index (χ2v) is 10.1. The van der Waals surface area contributed by atoms with Crippen molar-refractivity contribution in [3.63, 3.8) is 0 Å². The highest BCUT2D eigenvalue weighted by Gasteiger charge is 2.24. The standard InChI is InChI=1S/C25H25BrNO5P/c1-3-31-33(30,32-4-2)17-18-10-12-20(13-11-18)25(29)27-23-15-14-21(16-22(23)26)24(28)19-8-6-5-7-9-19/h5-16H,3-4,17H2,1-2H3,(H,27,29). The molecule has 0 fully saturated rings. The number of hydrogen-bond acceptors (Lipinski definition) is 5. The lowest BCUT2D eigenvalue weighted by atomic mass is 10.0. The lowest BCUT2D eigenvalue weighted by Crippen LogP contribution is -2.12. The quantitative estimate of drug-likeness (QED) is 0.233. The maximum absolute atomic E-state index is 12.7. The van der Waals surface area contributed by atoms with Gasteiger partial charge < -0.3 is 14.4 Å². The van der Waals surface area contributed by atoms with Crippen molar-refractivity contribution in [3.05, 3.63) is 99.5 Å². The molecular weight excluding hydrogens is 505 g/mol. The number of anilines is 1. The Balaban J connectivity index is 1.68. The van der Waals surface area contributed by atoms with Crippen LogP contribution < -0.4 is 5.32 Å². The third-order valence-corrected chi connectivity index (χ3v) is 7.47. The van der Waals surface area contributed by atoms with E-state index in [0.29, 0.717) is 40.1 Å². The highest BCUT2D eigenvalue weighted by Crippen LogP contribution is 2.51. The van der Waals surface area contributed by atoms with E-state index >= 15 is 0 Å². The van der Waals surface area contributed by atoms with E-state index in [1.165, 1.54) is 0 Å². The molecule has 0 spiro atoms. The first-order valence-corrected chi connectivity index (χ1v) is 13.0. The van der Waals surface area contributed by atoms with Crippen LogP contribution in [0.1, 0.15) is 45.7 Å². The second kappa shape index (κ2) is 11.5. The van der Waals surface area contributed by atoms with Crippen LogP contribution in [0.25, 0.3) is 0 Å². The molecule has 3 rings (SSSR count). The molecule has 33 heavy (non-hydrogen) atoms. The van der Waals surface area contributed by atoms with Gasteiger partial charge in [-0.2, -0.15) is 0 Å². The van der Waals surface area contributed by atoms with Crippen LogP contribution in [0.4, 0.5) is 5.69 Å². The van der Waals surface area contributed by atoms with Gasteiger partial charge in [-0.3, -0.25) is 14.2 Å². The first kappa shape index (κ1) is 25.1. The zero-order chi connectivity index (χ0) is 23.8. The summed E-state index contributed by atoms with van der Waals surface area (Å²) in [4.78, 5) is 25.3. The summed E-state index contributed by atoms with van der Waals surface area (Å²) in [7, 11) is -3.21. The van der Waals surface area contributed by atoms with E-state index < -0.39 is 7.60 Å². The molecule has 1 N–H and O–H groups in total. The van der Waals surface area contributed by atoms with Crippen LogP contribution in [-0.4, -0.2) is 24.9 Å². The predicted molar refractivity (Wildman–Crippen MR) is 133 cm³/mol. The fraction of sp³-hybridized carbons (Fsp3) is 0.200. The SMILES string of the molecule is CCOP(=O)(Cc1ccc(C(=O)Nc2ccc(C(=O)c3ccccc3)cc2Br)cc1)OCC. The van der Waals surface area contributed by atoms with E-state index in [1.54, 1.807) is 68.4 Å². The van der Waals surface area contributed by atoms with Crippen LogP contribution in [0.2, 0.25) is 0 Å². The molecule has 8 heteroatoms. The van der Waals surface area contributed by atoms with Gasteiger partial charge in [0.1, 0.15) is 0 Å². The smallest absolute Gasteiger partial charge is 0.321 e. The first-order chi connectivity index (χ1) is 15.8. The lowest BCUT2D eigenvalue weighted by Gasteiger charge is -2.17. The second-order valence-electron chi connectivity index (χ2n) is 7.15. The molecule has 0 unspecified atom stereocenters. The fourth-order valence-corrected chi connectivity index (χ4v) is 5.40. The van der Waals surface area contributed by atoms with Gasteiger partial charge in [0.2, 0.25) is 0 Å². The molecule has 3 aromatic carbocycles. The first-order valence-electron chi connectivity index (χ1n) is 10.5. The number of amides is 1. The Bertz CT molecular complexity index is 1160. The van der Waals surface area contributed by atoms with Crippen LogP contribution >= 0.6 is 23.5 Å². The largest absolute Gasteiger partial charge is 0.335 e. The number of carbonyl (C=O) groups excluding carboxylic acids is 2. The molecule has 1 amide bonds. The Morgan fingerprint density at radius 3 is 2.03 bits per heavy atom.